The summed E-state index contributed by atoms with van der Waals surface area (Å²) in [6.45, 7) is 3.72. The van der Waals surface area contributed by atoms with E-state index < -0.39 is 15.1 Å². The largest absolute Gasteiger partial charge is 0.223 e. The van der Waals surface area contributed by atoms with Crippen molar-refractivity contribution < 1.29 is 8.42 Å². The minimum Gasteiger partial charge on any atom is -0.223 e. The minimum absolute atomic E-state index is 0.237. The Hall–Kier alpha value is -1.60. The predicted octanol–water partition coefficient (Wildman–Crippen LogP) is 3.10. The molecule has 1 rings (SSSR count). The van der Waals surface area contributed by atoms with Crippen LogP contribution in [0.4, 0.5) is 0 Å². The molecule has 0 aliphatic heterocycles. The Labute approximate surface area is 109 Å². The summed E-state index contributed by atoms with van der Waals surface area (Å²) >= 11 is 0. The molecule has 0 amide bonds. The zero-order chi connectivity index (χ0) is 13.6. The van der Waals surface area contributed by atoms with Crippen LogP contribution in [0.25, 0.3) is 0 Å². The van der Waals surface area contributed by atoms with Crippen LogP contribution in [0.3, 0.4) is 0 Å². The summed E-state index contributed by atoms with van der Waals surface area (Å²) in [4.78, 5) is 0.311. The second-order valence-corrected chi connectivity index (χ2v) is 6.50. The number of benzene rings is 1. The number of nitrogens with zero attached hydrogens (tertiary/aromatic N) is 1. The summed E-state index contributed by atoms with van der Waals surface area (Å²) in [6, 6.07) is 10.4. The molecule has 0 aromatic heterocycles. The van der Waals surface area contributed by atoms with Crippen molar-refractivity contribution in [1.29, 1.82) is 5.26 Å². The Morgan fingerprint density at radius 2 is 1.94 bits per heavy atom. The predicted molar refractivity (Wildman–Crippen MR) is 71.7 cm³/mol. The van der Waals surface area contributed by atoms with Crippen molar-refractivity contribution >= 4 is 9.84 Å². The fourth-order valence-electron chi connectivity index (χ4n) is 1.69. The van der Waals surface area contributed by atoms with Crippen LogP contribution in [0, 0.1) is 11.3 Å². The zero-order valence-corrected chi connectivity index (χ0v) is 11.4. The van der Waals surface area contributed by atoms with Crippen molar-refractivity contribution in [3.8, 4) is 6.07 Å². The lowest BCUT2D eigenvalue weighted by Crippen LogP contribution is -2.19. The van der Waals surface area contributed by atoms with E-state index in [2.05, 4.69) is 0 Å². The molecule has 0 saturated heterocycles. The number of rotatable bonds is 5. The zero-order valence-electron chi connectivity index (χ0n) is 10.6. The van der Waals surface area contributed by atoms with Crippen molar-refractivity contribution in [3.63, 3.8) is 0 Å². The van der Waals surface area contributed by atoms with E-state index in [0.717, 1.165) is 5.57 Å². The second-order valence-electron chi connectivity index (χ2n) is 4.34. The maximum atomic E-state index is 12.4. The summed E-state index contributed by atoms with van der Waals surface area (Å²) < 4.78 is 24.8. The number of hydrogen-bond acceptors (Lipinski definition) is 3. The molecule has 1 aromatic rings. The topological polar surface area (TPSA) is 57.9 Å². The lowest BCUT2D eigenvalue weighted by atomic mass is 10.2. The van der Waals surface area contributed by atoms with Crippen LogP contribution in [0.2, 0.25) is 0 Å². The maximum Gasteiger partial charge on any atom is 0.184 e. The summed E-state index contributed by atoms with van der Waals surface area (Å²) in [6.07, 6.45) is 2.29. The van der Waals surface area contributed by atoms with Gasteiger partial charge in [-0.15, -0.1) is 0 Å². The average molecular weight is 263 g/mol. The maximum absolute atomic E-state index is 12.4. The smallest absolute Gasteiger partial charge is 0.184 e. The Morgan fingerprint density at radius 1 is 1.33 bits per heavy atom. The van der Waals surface area contributed by atoms with E-state index >= 15 is 0 Å². The van der Waals surface area contributed by atoms with Gasteiger partial charge in [0.05, 0.1) is 16.2 Å². The van der Waals surface area contributed by atoms with E-state index in [1.165, 1.54) is 0 Å². The fraction of sp³-hybridized carbons (Fsp3) is 0.357. The summed E-state index contributed by atoms with van der Waals surface area (Å²) in [5, 5.41) is 8.00. The first-order valence-electron chi connectivity index (χ1n) is 5.79. The van der Waals surface area contributed by atoms with Gasteiger partial charge in [0.15, 0.2) is 9.84 Å². The molecule has 0 N–H and O–H groups in total. The van der Waals surface area contributed by atoms with Gasteiger partial charge in [0.1, 0.15) is 0 Å². The van der Waals surface area contributed by atoms with Crippen LogP contribution in [0.5, 0.6) is 0 Å². The SMILES string of the molecule is CC(C)=CC(CCC#N)S(=O)(=O)c1ccccc1. The third-order valence-electron chi connectivity index (χ3n) is 2.53. The number of hydrogen-bond donors (Lipinski definition) is 0. The molecule has 0 saturated carbocycles. The van der Waals surface area contributed by atoms with Crippen LogP contribution >= 0.6 is 0 Å². The molecule has 0 heterocycles. The van der Waals surface area contributed by atoms with E-state index in [1.807, 2.05) is 19.9 Å². The van der Waals surface area contributed by atoms with E-state index in [-0.39, 0.29) is 6.42 Å². The molecule has 0 aliphatic carbocycles. The molecule has 0 spiro atoms. The average Bonchev–Trinajstić information content (AvgIpc) is 2.35. The summed E-state index contributed by atoms with van der Waals surface area (Å²) in [5.74, 6) is 0. The molecule has 0 radical (unpaired) electrons. The van der Waals surface area contributed by atoms with Gasteiger partial charge in [-0.2, -0.15) is 5.26 Å². The molecule has 1 aromatic carbocycles. The van der Waals surface area contributed by atoms with Crippen molar-refractivity contribution in [2.45, 2.75) is 36.8 Å². The highest BCUT2D eigenvalue weighted by Gasteiger charge is 2.24. The molecular formula is C14H17NO2S. The van der Waals surface area contributed by atoms with Crippen molar-refractivity contribution in [2.24, 2.45) is 0 Å². The number of nitriles is 1. The molecule has 18 heavy (non-hydrogen) atoms. The Kier molecular flexibility index (Phi) is 5.11. The van der Waals surface area contributed by atoms with Crippen molar-refractivity contribution in [2.75, 3.05) is 0 Å². The number of sulfone groups is 1. The Balaban J connectivity index is 3.13. The van der Waals surface area contributed by atoms with Crippen LogP contribution in [0.15, 0.2) is 46.9 Å². The minimum atomic E-state index is -3.40. The highest BCUT2D eigenvalue weighted by molar-refractivity contribution is 7.92. The first kappa shape index (κ1) is 14.5. The highest BCUT2D eigenvalue weighted by atomic mass is 32.2. The van der Waals surface area contributed by atoms with Gasteiger partial charge in [-0.25, -0.2) is 8.42 Å². The van der Waals surface area contributed by atoms with Crippen molar-refractivity contribution in [1.82, 2.24) is 0 Å². The van der Waals surface area contributed by atoms with Gasteiger partial charge in [0.2, 0.25) is 0 Å². The van der Waals surface area contributed by atoms with Crippen LogP contribution < -0.4 is 0 Å². The lowest BCUT2D eigenvalue weighted by molar-refractivity contribution is 0.584. The van der Waals surface area contributed by atoms with Gasteiger partial charge in [-0.05, 0) is 32.4 Å². The van der Waals surface area contributed by atoms with Gasteiger partial charge in [0.25, 0.3) is 0 Å². The van der Waals surface area contributed by atoms with Crippen LogP contribution in [-0.2, 0) is 9.84 Å². The van der Waals surface area contributed by atoms with Gasteiger partial charge < -0.3 is 0 Å². The monoisotopic (exact) mass is 263 g/mol. The highest BCUT2D eigenvalue weighted by Crippen LogP contribution is 2.21. The quantitative estimate of drug-likeness (QED) is 0.767. The standard InChI is InChI=1S/C14H17NO2S/c1-12(2)11-14(9-6-10-15)18(16,17)13-7-4-3-5-8-13/h3-5,7-8,11,14H,6,9H2,1-2H3. The van der Waals surface area contributed by atoms with Gasteiger partial charge in [-0.1, -0.05) is 29.8 Å². The van der Waals surface area contributed by atoms with Crippen LogP contribution in [0.1, 0.15) is 26.7 Å². The molecule has 4 heteroatoms. The molecule has 0 aliphatic rings. The molecule has 3 nitrogen and oxygen atoms in total. The third-order valence-corrected chi connectivity index (χ3v) is 4.63. The van der Waals surface area contributed by atoms with Gasteiger partial charge in [-0.3, -0.25) is 0 Å². The summed E-state index contributed by atoms with van der Waals surface area (Å²) in [5.41, 5.74) is 0.942. The van der Waals surface area contributed by atoms with Crippen molar-refractivity contribution in [3.05, 3.63) is 42.0 Å². The van der Waals surface area contributed by atoms with Gasteiger partial charge in [0, 0.05) is 6.42 Å². The van der Waals surface area contributed by atoms with E-state index in [9.17, 15) is 8.42 Å². The first-order valence-corrected chi connectivity index (χ1v) is 7.34. The number of allylic oxidation sites excluding steroid dienone is 1. The fourth-order valence-corrected chi connectivity index (χ4v) is 3.46. The molecule has 0 bridgehead atoms. The Bertz CT molecular complexity index is 549. The third kappa shape index (κ3) is 3.71. The van der Waals surface area contributed by atoms with E-state index in [0.29, 0.717) is 11.3 Å². The first-order chi connectivity index (χ1) is 8.48. The molecule has 1 unspecified atom stereocenters. The normalized spacial score (nSPS) is 12.5. The Morgan fingerprint density at radius 3 is 2.44 bits per heavy atom. The second kappa shape index (κ2) is 6.36. The lowest BCUT2D eigenvalue weighted by Gasteiger charge is -2.13. The van der Waals surface area contributed by atoms with Crippen LogP contribution in [-0.4, -0.2) is 13.7 Å². The van der Waals surface area contributed by atoms with E-state index in [1.54, 1.807) is 36.4 Å². The summed E-state index contributed by atoms with van der Waals surface area (Å²) in [7, 11) is -3.40. The molecule has 0 fully saturated rings. The molecule has 1 atom stereocenters. The van der Waals surface area contributed by atoms with Gasteiger partial charge >= 0.3 is 0 Å². The molecular weight excluding hydrogens is 246 g/mol. The molecule has 96 valence electrons. The van der Waals surface area contributed by atoms with E-state index in [4.69, 9.17) is 5.26 Å².